The van der Waals surface area contributed by atoms with Gasteiger partial charge in [0.05, 0.1) is 0 Å². The molecule has 0 saturated carbocycles. The molecule has 65 heavy (non-hydrogen) atoms. The lowest BCUT2D eigenvalue weighted by Gasteiger charge is -2.18. The van der Waals surface area contributed by atoms with E-state index >= 15 is 0 Å². The molecule has 0 fully saturated rings. The van der Waals surface area contributed by atoms with Crippen molar-refractivity contribution < 1.29 is 28.6 Å². The van der Waals surface area contributed by atoms with Crippen LogP contribution in [-0.4, -0.2) is 37.2 Å². The summed E-state index contributed by atoms with van der Waals surface area (Å²) in [6.45, 7) is 6.63. The van der Waals surface area contributed by atoms with Crippen LogP contribution < -0.4 is 0 Å². The number of rotatable bonds is 53. The normalized spacial score (nSPS) is 12.1. The van der Waals surface area contributed by atoms with Crippen LogP contribution in [0.3, 0.4) is 0 Å². The summed E-state index contributed by atoms with van der Waals surface area (Å²) in [6.07, 6.45) is 63.1. The minimum atomic E-state index is -0.773. The summed E-state index contributed by atoms with van der Waals surface area (Å²) in [5, 5.41) is 0. The topological polar surface area (TPSA) is 78.9 Å². The van der Waals surface area contributed by atoms with E-state index in [1.54, 1.807) is 0 Å². The Labute approximate surface area is 404 Å². The fraction of sp³-hybridized carbons (Fsp3) is 0.881. The molecule has 0 N–H and O–H groups in total. The number of allylic oxidation sites excluding steroid dienone is 4. The Bertz CT molecular complexity index is 1050. The largest absolute Gasteiger partial charge is 0.462 e. The molecule has 382 valence electrons. The van der Waals surface area contributed by atoms with Gasteiger partial charge in [-0.05, 0) is 64.2 Å². The van der Waals surface area contributed by atoms with E-state index in [1.165, 1.54) is 212 Å². The molecule has 1 atom stereocenters. The minimum Gasteiger partial charge on any atom is -0.462 e. The van der Waals surface area contributed by atoms with Gasteiger partial charge in [-0.15, -0.1) is 0 Å². The standard InChI is InChI=1S/C59H110O6/c1-4-7-10-13-16-19-22-24-26-28-29-31-33-35-38-40-43-46-49-52-58(61)64-55-56(65-59(62)53-50-47-44-41-36-21-18-15-12-9-6-3)54-63-57(60)51-48-45-42-39-37-34-32-30-27-25-23-20-17-14-11-8-5-2/h15,18,25,27,56H,4-14,16-17,19-24,26,28-55H2,1-3H3/b18-15-,27-25-/t56-/m1/s1. The van der Waals surface area contributed by atoms with Crippen molar-refractivity contribution in [3.63, 3.8) is 0 Å². The Morgan fingerprint density at radius 2 is 0.523 bits per heavy atom. The number of hydrogen-bond acceptors (Lipinski definition) is 6. The van der Waals surface area contributed by atoms with Gasteiger partial charge in [-0.1, -0.05) is 257 Å². The van der Waals surface area contributed by atoms with Crippen molar-refractivity contribution in [1.29, 1.82) is 0 Å². The molecule has 0 aliphatic rings. The minimum absolute atomic E-state index is 0.0718. The van der Waals surface area contributed by atoms with Crippen molar-refractivity contribution in [3.05, 3.63) is 24.3 Å². The first kappa shape index (κ1) is 62.9. The molecule has 0 bridgehead atoms. The number of unbranched alkanes of at least 4 members (excludes halogenated alkanes) is 38. The van der Waals surface area contributed by atoms with Gasteiger partial charge in [0.15, 0.2) is 6.10 Å². The molecular weight excluding hydrogens is 805 g/mol. The lowest BCUT2D eigenvalue weighted by atomic mass is 10.0. The van der Waals surface area contributed by atoms with Crippen LogP contribution in [0.2, 0.25) is 0 Å². The van der Waals surface area contributed by atoms with Gasteiger partial charge in [0.25, 0.3) is 0 Å². The molecule has 0 spiro atoms. The molecule has 6 nitrogen and oxygen atoms in total. The Morgan fingerprint density at radius 3 is 0.815 bits per heavy atom. The van der Waals surface area contributed by atoms with Crippen molar-refractivity contribution in [2.45, 2.75) is 322 Å². The highest BCUT2D eigenvalue weighted by atomic mass is 16.6. The molecule has 0 amide bonds. The van der Waals surface area contributed by atoms with Crippen molar-refractivity contribution in [2.75, 3.05) is 13.2 Å². The summed E-state index contributed by atoms with van der Waals surface area (Å²) in [6, 6.07) is 0. The predicted molar refractivity (Wildman–Crippen MR) is 279 cm³/mol. The third kappa shape index (κ3) is 52.7. The van der Waals surface area contributed by atoms with Crippen LogP contribution in [0, 0.1) is 0 Å². The average Bonchev–Trinajstić information content (AvgIpc) is 3.30. The second-order valence-electron chi connectivity index (χ2n) is 19.6. The summed E-state index contributed by atoms with van der Waals surface area (Å²) in [7, 11) is 0. The number of carbonyl (C=O) groups is 3. The SMILES string of the molecule is CCCC/C=C\CCCCCCCC(=O)O[C@H](COC(=O)CCCCCCCCC/C=C\CCCCCCCC)COC(=O)CCCCCCCCCCCCCCCCCCCCC. The zero-order valence-corrected chi connectivity index (χ0v) is 43.8. The summed E-state index contributed by atoms with van der Waals surface area (Å²) in [5.41, 5.74) is 0. The molecule has 0 aromatic carbocycles. The highest BCUT2D eigenvalue weighted by Gasteiger charge is 2.19. The molecular formula is C59H110O6. The van der Waals surface area contributed by atoms with E-state index in [-0.39, 0.29) is 31.1 Å². The van der Waals surface area contributed by atoms with E-state index in [0.717, 1.165) is 64.2 Å². The quantitative estimate of drug-likeness (QED) is 0.0262. The van der Waals surface area contributed by atoms with E-state index in [1.807, 2.05) is 0 Å². The van der Waals surface area contributed by atoms with Gasteiger partial charge < -0.3 is 14.2 Å². The van der Waals surface area contributed by atoms with Gasteiger partial charge in [0.2, 0.25) is 0 Å². The van der Waals surface area contributed by atoms with Crippen LogP contribution in [0.4, 0.5) is 0 Å². The second-order valence-corrected chi connectivity index (χ2v) is 19.6. The zero-order valence-electron chi connectivity index (χ0n) is 43.8. The zero-order chi connectivity index (χ0) is 47.2. The second kappa shape index (κ2) is 54.5. The first-order chi connectivity index (χ1) is 32.0. The van der Waals surface area contributed by atoms with Gasteiger partial charge in [0.1, 0.15) is 13.2 Å². The van der Waals surface area contributed by atoms with Gasteiger partial charge in [-0.25, -0.2) is 0 Å². The first-order valence-corrected chi connectivity index (χ1v) is 28.8. The van der Waals surface area contributed by atoms with E-state index in [4.69, 9.17) is 14.2 Å². The smallest absolute Gasteiger partial charge is 0.306 e. The molecule has 0 saturated heterocycles. The highest BCUT2D eigenvalue weighted by Crippen LogP contribution is 2.17. The van der Waals surface area contributed by atoms with Crippen molar-refractivity contribution >= 4 is 17.9 Å². The molecule has 0 aromatic heterocycles. The molecule has 0 heterocycles. The summed E-state index contributed by atoms with van der Waals surface area (Å²) < 4.78 is 16.8. The van der Waals surface area contributed by atoms with Gasteiger partial charge in [-0.2, -0.15) is 0 Å². The lowest BCUT2D eigenvalue weighted by molar-refractivity contribution is -0.167. The van der Waals surface area contributed by atoms with Gasteiger partial charge in [-0.3, -0.25) is 14.4 Å². The molecule has 6 heteroatoms. The third-order valence-corrected chi connectivity index (χ3v) is 12.9. The maximum absolute atomic E-state index is 12.8. The van der Waals surface area contributed by atoms with E-state index in [2.05, 4.69) is 45.1 Å². The molecule has 0 rings (SSSR count). The number of ether oxygens (including phenoxy) is 3. The maximum atomic E-state index is 12.8. The molecule has 0 radical (unpaired) electrons. The Morgan fingerprint density at radius 1 is 0.292 bits per heavy atom. The van der Waals surface area contributed by atoms with E-state index in [0.29, 0.717) is 19.3 Å². The first-order valence-electron chi connectivity index (χ1n) is 28.8. The monoisotopic (exact) mass is 915 g/mol. The molecule has 0 unspecified atom stereocenters. The fourth-order valence-corrected chi connectivity index (χ4v) is 8.54. The van der Waals surface area contributed by atoms with Gasteiger partial charge in [0, 0.05) is 19.3 Å². The molecule has 0 aliphatic heterocycles. The van der Waals surface area contributed by atoms with Crippen molar-refractivity contribution in [2.24, 2.45) is 0 Å². The summed E-state index contributed by atoms with van der Waals surface area (Å²) in [5.74, 6) is -0.868. The number of hydrogen-bond donors (Lipinski definition) is 0. The predicted octanol–water partition coefficient (Wildman–Crippen LogP) is 19.1. The average molecular weight is 916 g/mol. The fourth-order valence-electron chi connectivity index (χ4n) is 8.54. The van der Waals surface area contributed by atoms with Crippen LogP contribution in [0.5, 0.6) is 0 Å². The number of carbonyl (C=O) groups excluding carboxylic acids is 3. The Kier molecular flexibility index (Phi) is 52.7. The van der Waals surface area contributed by atoms with Crippen LogP contribution >= 0.6 is 0 Å². The van der Waals surface area contributed by atoms with Crippen LogP contribution in [-0.2, 0) is 28.6 Å². The summed E-state index contributed by atoms with van der Waals surface area (Å²) in [4.78, 5) is 38.1. The number of esters is 3. The van der Waals surface area contributed by atoms with Crippen LogP contribution in [0.1, 0.15) is 316 Å². The van der Waals surface area contributed by atoms with E-state index in [9.17, 15) is 14.4 Å². The Hall–Kier alpha value is -2.11. The highest BCUT2D eigenvalue weighted by molar-refractivity contribution is 5.71. The Balaban J connectivity index is 4.26. The van der Waals surface area contributed by atoms with Crippen LogP contribution in [0.25, 0.3) is 0 Å². The molecule has 0 aromatic rings. The summed E-state index contributed by atoms with van der Waals surface area (Å²) >= 11 is 0. The van der Waals surface area contributed by atoms with Crippen LogP contribution in [0.15, 0.2) is 24.3 Å². The van der Waals surface area contributed by atoms with E-state index < -0.39 is 6.10 Å². The van der Waals surface area contributed by atoms with Gasteiger partial charge >= 0.3 is 17.9 Å². The maximum Gasteiger partial charge on any atom is 0.306 e. The molecule has 0 aliphatic carbocycles. The van der Waals surface area contributed by atoms with Crippen molar-refractivity contribution in [1.82, 2.24) is 0 Å². The third-order valence-electron chi connectivity index (χ3n) is 12.9. The van der Waals surface area contributed by atoms with Crippen molar-refractivity contribution in [3.8, 4) is 0 Å². The lowest BCUT2D eigenvalue weighted by Crippen LogP contribution is -2.30.